The van der Waals surface area contributed by atoms with Crippen LogP contribution in [0, 0.1) is 11.8 Å². The third kappa shape index (κ3) is 2.17. The second kappa shape index (κ2) is 5.22. The van der Waals surface area contributed by atoms with E-state index in [1.807, 2.05) is 0 Å². The van der Waals surface area contributed by atoms with E-state index in [2.05, 4.69) is 16.8 Å². The van der Waals surface area contributed by atoms with Crippen molar-refractivity contribution in [3.05, 3.63) is 22.7 Å². The summed E-state index contributed by atoms with van der Waals surface area (Å²) in [5.41, 5.74) is 2.68. The van der Waals surface area contributed by atoms with Gasteiger partial charge in [-0.1, -0.05) is 5.92 Å². The van der Waals surface area contributed by atoms with Crippen LogP contribution >= 0.6 is 0 Å². The summed E-state index contributed by atoms with van der Waals surface area (Å²) in [6, 6.07) is 1.36. The van der Waals surface area contributed by atoms with Crippen LogP contribution < -0.4 is 11.4 Å². The second-order valence-corrected chi connectivity index (χ2v) is 4.39. The quantitative estimate of drug-likeness (QED) is 0.454. The summed E-state index contributed by atoms with van der Waals surface area (Å²) in [7, 11) is 0. The van der Waals surface area contributed by atoms with E-state index in [0.29, 0.717) is 0 Å². The van der Waals surface area contributed by atoms with Gasteiger partial charge in [0, 0.05) is 6.20 Å². The lowest BCUT2D eigenvalue weighted by atomic mass is 9.93. The Kier molecular flexibility index (Phi) is 3.78. The van der Waals surface area contributed by atoms with Crippen LogP contribution in [0.4, 0.5) is 5.82 Å². The van der Waals surface area contributed by atoms with Gasteiger partial charge in [-0.25, -0.2) is 4.79 Å². The predicted octanol–water partition coefficient (Wildman–Crippen LogP) is -2.17. The van der Waals surface area contributed by atoms with Crippen LogP contribution in [0.15, 0.2) is 17.1 Å². The summed E-state index contributed by atoms with van der Waals surface area (Å²) in [6.45, 7) is 0.916. The summed E-state index contributed by atoms with van der Waals surface area (Å²) >= 11 is 0. The monoisotopic (exact) mass is 281 g/mol. The van der Waals surface area contributed by atoms with E-state index in [1.54, 1.807) is 0 Å². The Morgan fingerprint density at radius 1 is 1.65 bits per heavy atom. The zero-order chi connectivity index (χ0) is 14.9. The number of rotatable bonds is 2. The lowest BCUT2D eigenvalue weighted by molar-refractivity contribution is -0.0624. The van der Waals surface area contributed by atoms with Crippen LogP contribution in [0.5, 0.6) is 0 Å². The number of hydrogen-bond acceptors (Lipinski definition) is 7. The van der Waals surface area contributed by atoms with Gasteiger partial charge in [0.15, 0.2) is 11.8 Å². The van der Waals surface area contributed by atoms with Crippen LogP contribution in [0.1, 0.15) is 13.2 Å². The van der Waals surface area contributed by atoms with Gasteiger partial charge in [-0.2, -0.15) is 4.98 Å². The van der Waals surface area contributed by atoms with E-state index >= 15 is 0 Å². The van der Waals surface area contributed by atoms with E-state index in [9.17, 15) is 20.1 Å². The molecule has 1 aromatic heterocycles. The zero-order valence-electron chi connectivity index (χ0n) is 10.7. The van der Waals surface area contributed by atoms with Gasteiger partial charge in [-0.15, -0.1) is 5.92 Å². The van der Waals surface area contributed by atoms with Crippen molar-refractivity contribution < 1.29 is 20.1 Å². The molecule has 1 aliphatic heterocycles. The van der Waals surface area contributed by atoms with E-state index in [1.165, 1.54) is 19.2 Å². The molecule has 0 amide bonds. The standard InChI is InChI=1S/C12H15N3O5/c1-2-4-12(19)7(6-16)20-10(9(12)17)15-5-3-8(13)14-11(15)18/h3,5,7,9-10,16-17,19H,6H2,1H3,(H2,13,14,18)/t7-,9+,10-,12-/m1/s1. The maximum atomic E-state index is 11.7. The topological polar surface area (TPSA) is 131 Å². The first-order chi connectivity index (χ1) is 9.43. The molecule has 108 valence electrons. The SMILES string of the molecule is CC#C[C@@]1(O)[C@@H](CO)O[C@@H](n2ccc(N)nc2=O)[C@@H]1O. The number of aliphatic hydroxyl groups excluding tert-OH is 2. The fraction of sp³-hybridized carbons (Fsp3) is 0.500. The van der Waals surface area contributed by atoms with E-state index < -0.39 is 36.3 Å². The highest BCUT2D eigenvalue weighted by Crippen LogP contribution is 2.36. The highest BCUT2D eigenvalue weighted by molar-refractivity contribution is 5.25. The van der Waals surface area contributed by atoms with Crippen LogP contribution in [0.25, 0.3) is 0 Å². The van der Waals surface area contributed by atoms with Gasteiger partial charge in [0.1, 0.15) is 18.0 Å². The number of anilines is 1. The number of aliphatic hydroxyl groups is 3. The molecule has 1 aromatic rings. The normalized spacial score (nSPS) is 32.7. The lowest BCUT2D eigenvalue weighted by Gasteiger charge is -2.24. The Morgan fingerprint density at radius 2 is 2.35 bits per heavy atom. The fourth-order valence-electron chi connectivity index (χ4n) is 2.13. The average molecular weight is 281 g/mol. The van der Waals surface area contributed by atoms with Crippen molar-refractivity contribution in [2.75, 3.05) is 12.3 Å². The van der Waals surface area contributed by atoms with Crippen molar-refractivity contribution >= 4 is 5.82 Å². The molecule has 8 nitrogen and oxygen atoms in total. The molecule has 2 rings (SSSR count). The Labute approximate surface area is 114 Å². The Bertz CT molecular complexity index is 619. The molecule has 20 heavy (non-hydrogen) atoms. The predicted molar refractivity (Wildman–Crippen MR) is 68.3 cm³/mol. The summed E-state index contributed by atoms with van der Waals surface area (Å²) < 4.78 is 6.31. The van der Waals surface area contributed by atoms with Gasteiger partial charge in [0.05, 0.1) is 6.61 Å². The van der Waals surface area contributed by atoms with Crippen molar-refractivity contribution in [1.82, 2.24) is 9.55 Å². The first kappa shape index (κ1) is 14.5. The highest BCUT2D eigenvalue weighted by Gasteiger charge is 2.55. The Hall–Kier alpha value is -1.92. The molecule has 2 heterocycles. The number of hydrogen-bond donors (Lipinski definition) is 4. The number of nitrogens with zero attached hydrogens (tertiary/aromatic N) is 2. The molecule has 0 bridgehead atoms. The van der Waals surface area contributed by atoms with E-state index in [-0.39, 0.29) is 5.82 Å². The number of nitrogens with two attached hydrogens (primary N) is 1. The molecule has 0 aliphatic carbocycles. The van der Waals surface area contributed by atoms with E-state index in [4.69, 9.17) is 10.5 Å². The molecule has 5 N–H and O–H groups in total. The third-order valence-electron chi connectivity index (χ3n) is 3.13. The van der Waals surface area contributed by atoms with Crippen molar-refractivity contribution in [1.29, 1.82) is 0 Å². The number of aromatic nitrogens is 2. The van der Waals surface area contributed by atoms with Crippen molar-refractivity contribution in [2.45, 2.75) is 31.0 Å². The maximum absolute atomic E-state index is 11.7. The molecule has 4 atom stereocenters. The van der Waals surface area contributed by atoms with Crippen molar-refractivity contribution in [3.63, 3.8) is 0 Å². The van der Waals surface area contributed by atoms with E-state index in [0.717, 1.165) is 4.57 Å². The minimum absolute atomic E-state index is 0.0288. The number of ether oxygens (including phenoxy) is 1. The molecular formula is C12H15N3O5. The van der Waals surface area contributed by atoms with Crippen molar-refractivity contribution in [3.8, 4) is 11.8 Å². The molecule has 1 saturated heterocycles. The minimum atomic E-state index is -1.96. The van der Waals surface area contributed by atoms with Crippen LogP contribution in [0.2, 0.25) is 0 Å². The van der Waals surface area contributed by atoms with Gasteiger partial charge in [-0.3, -0.25) is 4.57 Å². The van der Waals surface area contributed by atoms with Gasteiger partial charge in [-0.05, 0) is 13.0 Å². The minimum Gasteiger partial charge on any atom is -0.394 e. The van der Waals surface area contributed by atoms with Crippen LogP contribution in [0.3, 0.4) is 0 Å². The lowest BCUT2D eigenvalue weighted by Crippen LogP contribution is -2.48. The largest absolute Gasteiger partial charge is 0.394 e. The summed E-state index contributed by atoms with van der Waals surface area (Å²) in [5, 5.41) is 29.7. The molecule has 0 saturated carbocycles. The molecule has 1 aliphatic rings. The first-order valence-corrected chi connectivity index (χ1v) is 5.89. The van der Waals surface area contributed by atoms with Gasteiger partial charge in [0.2, 0.25) is 0 Å². The zero-order valence-corrected chi connectivity index (χ0v) is 10.7. The maximum Gasteiger partial charge on any atom is 0.351 e. The summed E-state index contributed by atoms with van der Waals surface area (Å²) in [4.78, 5) is 15.2. The average Bonchev–Trinajstić information content (AvgIpc) is 2.63. The Balaban J connectivity index is 2.44. The summed E-state index contributed by atoms with van der Waals surface area (Å²) in [5.74, 6) is 4.91. The fourth-order valence-corrected chi connectivity index (χ4v) is 2.13. The van der Waals surface area contributed by atoms with Crippen LogP contribution in [-0.2, 0) is 4.74 Å². The number of nitrogen functional groups attached to an aromatic ring is 1. The molecule has 8 heteroatoms. The Morgan fingerprint density at radius 3 is 2.90 bits per heavy atom. The van der Waals surface area contributed by atoms with Gasteiger partial charge >= 0.3 is 5.69 Å². The van der Waals surface area contributed by atoms with Gasteiger partial charge in [0.25, 0.3) is 0 Å². The molecule has 0 unspecified atom stereocenters. The summed E-state index contributed by atoms with van der Waals surface area (Å²) in [6.07, 6.45) is -2.58. The van der Waals surface area contributed by atoms with Crippen LogP contribution in [-0.4, -0.2) is 49.3 Å². The molecule has 0 aromatic carbocycles. The highest BCUT2D eigenvalue weighted by atomic mass is 16.6. The molecule has 1 fully saturated rings. The van der Waals surface area contributed by atoms with Gasteiger partial charge < -0.3 is 25.8 Å². The first-order valence-electron chi connectivity index (χ1n) is 5.89. The van der Waals surface area contributed by atoms with Crippen molar-refractivity contribution in [2.24, 2.45) is 0 Å². The molecule has 0 spiro atoms. The molecular weight excluding hydrogens is 266 g/mol. The molecule has 0 radical (unpaired) electrons. The third-order valence-corrected chi connectivity index (χ3v) is 3.13. The smallest absolute Gasteiger partial charge is 0.351 e. The second-order valence-electron chi connectivity index (χ2n) is 4.39.